The summed E-state index contributed by atoms with van der Waals surface area (Å²) in [5.41, 5.74) is 0.997. The van der Waals surface area contributed by atoms with Crippen molar-refractivity contribution >= 4 is 20.8 Å². The summed E-state index contributed by atoms with van der Waals surface area (Å²) in [5.74, 6) is -0.401. The van der Waals surface area contributed by atoms with Gasteiger partial charge in [-0.1, -0.05) is 81.4 Å². The zero-order valence-corrected chi connectivity index (χ0v) is 17.5. The number of hydrogen-bond donors (Lipinski definition) is 0. The molecule has 4 heteroatoms. The highest BCUT2D eigenvalue weighted by Gasteiger charge is 2.43. The minimum atomic E-state index is -2.73. The third-order valence-electron chi connectivity index (χ3n) is 5.01. The van der Waals surface area contributed by atoms with Crippen molar-refractivity contribution in [2.24, 2.45) is 0 Å². The van der Waals surface area contributed by atoms with Crippen LogP contribution in [0.2, 0.25) is 18.1 Å². The van der Waals surface area contributed by atoms with Gasteiger partial charge in [-0.3, -0.25) is 0 Å². The van der Waals surface area contributed by atoms with E-state index in [0.717, 1.165) is 10.9 Å². The maximum atomic E-state index is 13.8. The largest absolute Gasteiger partial charge is 0.403 e. The highest BCUT2D eigenvalue weighted by Crippen LogP contribution is 2.58. The molecule has 2 aromatic rings. The van der Waals surface area contributed by atoms with Crippen LogP contribution in [0.3, 0.4) is 0 Å². The monoisotopic (exact) mass is 360 g/mol. The molecule has 2 rings (SSSR count). The second kappa shape index (κ2) is 6.99. The van der Waals surface area contributed by atoms with Gasteiger partial charge in [-0.15, -0.1) is 0 Å². The number of hydrogen-bond acceptors (Lipinski definition) is 2. The number of benzene rings is 2. The highest BCUT2D eigenvalue weighted by molar-refractivity contribution is 7.71. The summed E-state index contributed by atoms with van der Waals surface area (Å²) < 4.78 is 20.5. The molecular formula is C20H29O2PSi. The van der Waals surface area contributed by atoms with Gasteiger partial charge < -0.3 is 8.99 Å². The maximum Gasteiger partial charge on any atom is 0.193 e. The van der Waals surface area contributed by atoms with E-state index >= 15 is 0 Å². The number of rotatable bonds is 5. The Balaban J connectivity index is 2.51. The van der Waals surface area contributed by atoms with Crippen LogP contribution in [0.1, 0.15) is 32.2 Å². The van der Waals surface area contributed by atoms with Crippen LogP contribution in [0.4, 0.5) is 0 Å². The summed E-state index contributed by atoms with van der Waals surface area (Å²) in [7, 11) is -4.80. The molecule has 130 valence electrons. The molecule has 0 radical (unpaired) electrons. The minimum absolute atomic E-state index is 0.0662. The predicted octanol–water partition coefficient (Wildman–Crippen LogP) is 6.03. The smallest absolute Gasteiger partial charge is 0.193 e. The first-order valence-corrected chi connectivity index (χ1v) is 13.5. The standard InChI is InChI=1S/C20H29O2PSi/c1-20(2,3)24(5,6)22-19(17-13-9-7-10-14-17)23(4,21)18-15-11-8-12-16-18/h7-16,19H,1-6H3. The fourth-order valence-electron chi connectivity index (χ4n) is 2.39. The summed E-state index contributed by atoms with van der Waals surface area (Å²) in [6, 6.07) is 19.8. The van der Waals surface area contributed by atoms with Gasteiger partial charge in [0.25, 0.3) is 0 Å². The van der Waals surface area contributed by atoms with Crippen molar-refractivity contribution in [2.45, 2.75) is 44.7 Å². The lowest BCUT2D eigenvalue weighted by atomic mass is 10.2. The summed E-state index contributed by atoms with van der Waals surface area (Å²) in [5, 5.41) is 0.939. The van der Waals surface area contributed by atoms with Crippen LogP contribution in [-0.4, -0.2) is 15.0 Å². The van der Waals surface area contributed by atoms with Crippen LogP contribution in [-0.2, 0) is 8.99 Å². The fourth-order valence-corrected chi connectivity index (χ4v) is 6.80. The second-order valence-corrected chi connectivity index (χ2v) is 15.7. The highest BCUT2D eigenvalue weighted by atomic mass is 31.2. The van der Waals surface area contributed by atoms with Gasteiger partial charge in [-0.25, -0.2) is 0 Å². The first-order chi connectivity index (χ1) is 11.1. The summed E-state index contributed by atoms with van der Waals surface area (Å²) in [4.78, 5) is 0. The van der Waals surface area contributed by atoms with Gasteiger partial charge in [0.1, 0.15) is 13.0 Å². The Bertz CT molecular complexity index is 705. The van der Waals surface area contributed by atoms with Gasteiger partial charge in [-0.2, -0.15) is 0 Å². The van der Waals surface area contributed by atoms with Crippen LogP contribution in [0.25, 0.3) is 0 Å². The van der Waals surface area contributed by atoms with Crippen LogP contribution in [0.15, 0.2) is 60.7 Å². The Morgan fingerprint density at radius 1 is 0.917 bits per heavy atom. The van der Waals surface area contributed by atoms with Crippen molar-refractivity contribution in [3.8, 4) is 0 Å². The van der Waals surface area contributed by atoms with Crippen LogP contribution < -0.4 is 5.30 Å². The maximum absolute atomic E-state index is 13.8. The topological polar surface area (TPSA) is 26.3 Å². The van der Waals surface area contributed by atoms with Gasteiger partial charge in [0.2, 0.25) is 0 Å². The molecule has 0 bridgehead atoms. The molecule has 0 aliphatic carbocycles. The van der Waals surface area contributed by atoms with Gasteiger partial charge in [0.15, 0.2) is 8.32 Å². The molecule has 2 unspecified atom stereocenters. The molecule has 0 saturated heterocycles. The summed E-state index contributed by atoms with van der Waals surface area (Å²) in [6.45, 7) is 12.9. The van der Waals surface area contributed by atoms with Crippen molar-refractivity contribution in [3.63, 3.8) is 0 Å². The molecule has 0 aromatic heterocycles. The van der Waals surface area contributed by atoms with Gasteiger partial charge >= 0.3 is 0 Å². The Kier molecular flexibility index (Phi) is 5.59. The Hall–Kier alpha value is -1.15. The minimum Gasteiger partial charge on any atom is -0.403 e. The van der Waals surface area contributed by atoms with Gasteiger partial charge in [0.05, 0.1) is 0 Å². The van der Waals surface area contributed by atoms with Crippen molar-refractivity contribution in [1.29, 1.82) is 0 Å². The lowest BCUT2D eigenvalue weighted by Gasteiger charge is -2.41. The fraction of sp³-hybridized carbons (Fsp3) is 0.400. The lowest BCUT2D eigenvalue weighted by Crippen LogP contribution is -2.42. The molecule has 24 heavy (non-hydrogen) atoms. The summed E-state index contributed by atoms with van der Waals surface area (Å²) >= 11 is 0. The van der Waals surface area contributed by atoms with Crippen LogP contribution in [0.5, 0.6) is 0 Å². The predicted molar refractivity (Wildman–Crippen MR) is 107 cm³/mol. The third kappa shape index (κ3) is 4.08. The average Bonchev–Trinajstić information content (AvgIpc) is 2.53. The molecule has 0 spiro atoms. The normalized spacial score (nSPS) is 16.4. The molecule has 0 heterocycles. The molecule has 2 aromatic carbocycles. The second-order valence-electron chi connectivity index (χ2n) is 7.97. The van der Waals surface area contributed by atoms with Crippen LogP contribution in [0, 0.1) is 0 Å². The molecule has 0 aliphatic rings. The summed E-state index contributed by atoms with van der Waals surface area (Å²) in [6.07, 6.45) is 0. The Morgan fingerprint density at radius 2 is 1.38 bits per heavy atom. The van der Waals surface area contributed by atoms with E-state index in [-0.39, 0.29) is 5.04 Å². The first kappa shape index (κ1) is 19.2. The first-order valence-electron chi connectivity index (χ1n) is 8.41. The van der Waals surface area contributed by atoms with E-state index in [1.807, 2.05) is 67.3 Å². The molecule has 0 amide bonds. The third-order valence-corrected chi connectivity index (χ3v) is 12.3. The van der Waals surface area contributed by atoms with Crippen LogP contribution >= 0.6 is 7.14 Å². The van der Waals surface area contributed by atoms with E-state index in [0.29, 0.717) is 0 Å². The van der Waals surface area contributed by atoms with E-state index in [1.165, 1.54) is 0 Å². The van der Waals surface area contributed by atoms with Crippen molar-refractivity contribution in [1.82, 2.24) is 0 Å². The van der Waals surface area contributed by atoms with E-state index < -0.39 is 21.3 Å². The quantitative estimate of drug-likeness (QED) is 0.481. The van der Waals surface area contributed by atoms with Gasteiger partial charge in [-0.05, 0) is 30.4 Å². The zero-order valence-electron chi connectivity index (χ0n) is 15.6. The van der Waals surface area contributed by atoms with Crippen molar-refractivity contribution in [3.05, 3.63) is 66.2 Å². The van der Waals surface area contributed by atoms with E-state index in [4.69, 9.17) is 4.43 Å². The van der Waals surface area contributed by atoms with E-state index in [1.54, 1.807) is 0 Å². The Labute approximate surface area is 147 Å². The SMILES string of the molecule is CC(C)(C)[Si](C)(C)OC(c1ccccc1)P(C)(=O)c1ccccc1. The molecule has 0 saturated carbocycles. The zero-order chi connectivity index (χ0) is 18.0. The van der Waals surface area contributed by atoms with E-state index in [9.17, 15) is 4.57 Å². The van der Waals surface area contributed by atoms with Crippen molar-refractivity contribution < 1.29 is 8.99 Å². The van der Waals surface area contributed by atoms with Crippen molar-refractivity contribution in [2.75, 3.05) is 6.66 Å². The molecular weight excluding hydrogens is 331 g/mol. The van der Waals surface area contributed by atoms with E-state index in [2.05, 4.69) is 33.9 Å². The molecule has 0 aliphatic heterocycles. The molecule has 0 N–H and O–H groups in total. The molecule has 2 nitrogen and oxygen atoms in total. The lowest BCUT2D eigenvalue weighted by molar-refractivity contribution is 0.254. The van der Waals surface area contributed by atoms with Gasteiger partial charge in [0, 0.05) is 5.30 Å². The molecule has 0 fully saturated rings. The Morgan fingerprint density at radius 3 is 1.83 bits per heavy atom. The average molecular weight is 361 g/mol. The molecule has 2 atom stereocenters.